The van der Waals surface area contributed by atoms with Gasteiger partial charge in [-0.2, -0.15) is 0 Å². The van der Waals surface area contributed by atoms with Crippen molar-refractivity contribution < 1.29 is 19.0 Å². The number of nitrogens with zero attached hydrogens (tertiary/aromatic N) is 2. The Labute approximate surface area is 167 Å². The lowest BCUT2D eigenvalue weighted by Crippen LogP contribution is -2.45. The highest BCUT2D eigenvalue weighted by Gasteiger charge is 2.20. The van der Waals surface area contributed by atoms with E-state index in [0.717, 1.165) is 55.2 Å². The van der Waals surface area contributed by atoms with Crippen LogP contribution in [0.1, 0.15) is 11.1 Å². The van der Waals surface area contributed by atoms with Crippen molar-refractivity contribution in [3.05, 3.63) is 64.0 Å². The Kier molecular flexibility index (Phi) is 4.61. The van der Waals surface area contributed by atoms with Crippen molar-refractivity contribution >= 4 is 11.0 Å². The SMILES string of the molecule is O=c1cc(CN2CCN(Cc3ccc4c(c3)OCO4)CC2)c2ccc(O)cc2o1. The molecular weight excluding hydrogens is 372 g/mol. The van der Waals surface area contributed by atoms with E-state index in [-0.39, 0.29) is 11.4 Å². The Morgan fingerprint density at radius 2 is 1.62 bits per heavy atom. The lowest BCUT2D eigenvalue weighted by atomic mass is 10.1. The maximum atomic E-state index is 11.9. The quantitative estimate of drug-likeness (QED) is 0.682. The van der Waals surface area contributed by atoms with E-state index in [2.05, 4.69) is 21.9 Å². The van der Waals surface area contributed by atoms with Crippen LogP contribution in [0.25, 0.3) is 11.0 Å². The minimum atomic E-state index is -0.389. The zero-order chi connectivity index (χ0) is 19.8. The Bertz CT molecular complexity index is 1100. The lowest BCUT2D eigenvalue weighted by Gasteiger charge is -2.34. The Morgan fingerprint density at radius 1 is 0.862 bits per heavy atom. The van der Waals surface area contributed by atoms with Crippen molar-refractivity contribution in [3.8, 4) is 17.2 Å². The van der Waals surface area contributed by atoms with Crippen LogP contribution >= 0.6 is 0 Å². The van der Waals surface area contributed by atoms with E-state index >= 15 is 0 Å². The molecule has 0 atom stereocenters. The number of rotatable bonds is 4. The fourth-order valence-electron chi connectivity index (χ4n) is 3.99. The molecule has 7 nitrogen and oxygen atoms in total. The highest BCUT2D eigenvalue weighted by atomic mass is 16.7. The van der Waals surface area contributed by atoms with Crippen LogP contribution in [-0.2, 0) is 13.1 Å². The number of hydrogen-bond donors (Lipinski definition) is 1. The number of ether oxygens (including phenoxy) is 2. The maximum absolute atomic E-state index is 11.9. The first kappa shape index (κ1) is 18.0. The van der Waals surface area contributed by atoms with Crippen molar-refractivity contribution in [2.45, 2.75) is 13.1 Å². The molecule has 2 aliphatic heterocycles. The first-order chi connectivity index (χ1) is 14.1. The van der Waals surface area contributed by atoms with Crippen LogP contribution in [0.3, 0.4) is 0 Å². The lowest BCUT2D eigenvalue weighted by molar-refractivity contribution is 0.122. The molecule has 0 amide bonds. The van der Waals surface area contributed by atoms with Gasteiger partial charge in [-0.15, -0.1) is 0 Å². The van der Waals surface area contributed by atoms with Crippen LogP contribution < -0.4 is 15.1 Å². The summed E-state index contributed by atoms with van der Waals surface area (Å²) in [7, 11) is 0. The van der Waals surface area contributed by atoms with E-state index < -0.39 is 0 Å². The van der Waals surface area contributed by atoms with E-state index in [1.807, 2.05) is 6.07 Å². The van der Waals surface area contributed by atoms with Gasteiger partial charge in [0.05, 0.1) is 0 Å². The molecule has 7 heteroatoms. The molecule has 0 radical (unpaired) electrons. The van der Waals surface area contributed by atoms with Gasteiger partial charge in [-0.3, -0.25) is 9.80 Å². The number of fused-ring (bicyclic) bond motifs is 2. The third-order valence-electron chi connectivity index (χ3n) is 5.52. The second-order valence-electron chi connectivity index (χ2n) is 7.51. The van der Waals surface area contributed by atoms with E-state index in [0.29, 0.717) is 18.9 Å². The number of aromatic hydroxyl groups is 1. The van der Waals surface area contributed by atoms with Crippen LogP contribution in [0.5, 0.6) is 17.2 Å². The summed E-state index contributed by atoms with van der Waals surface area (Å²) in [5, 5.41) is 10.5. The highest BCUT2D eigenvalue weighted by molar-refractivity contribution is 5.81. The van der Waals surface area contributed by atoms with Gasteiger partial charge >= 0.3 is 5.63 Å². The molecule has 0 spiro atoms. The standard InChI is InChI=1S/C22H22N2O5/c25-17-2-3-18-16(10-22(26)29-20(18)11-17)13-24-7-5-23(6-8-24)12-15-1-4-19-21(9-15)28-14-27-19/h1-4,9-11,25H,5-8,12-14H2. The number of hydrogen-bond acceptors (Lipinski definition) is 7. The van der Waals surface area contributed by atoms with Gasteiger partial charge in [0, 0.05) is 56.8 Å². The monoisotopic (exact) mass is 394 g/mol. The van der Waals surface area contributed by atoms with Gasteiger partial charge in [0.2, 0.25) is 6.79 Å². The minimum Gasteiger partial charge on any atom is -0.508 e. The molecule has 2 aromatic carbocycles. The number of piperazine rings is 1. The van der Waals surface area contributed by atoms with Crippen molar-refractivity contribution in [2.75, 3.05) is 33.0 Å². The summed E-state index contributed by atoms with van der Waals surface area (Å²) in [5.41, 5.74) is 2.18. The molecule has 1 fully saturated rings. The van der Waals surface area contributed by atoms with Gasteiger partial charge in [-0.05, 0) is 35.4 Å². The van der Waals surface area contributed by atoms with Gasteiger partial charge in [-0.25, -0.2) is 4.79 Å². The summed E-state index contributed by atoms with van der Waals surface area (Å²) < 4.78 is 16.1. The minimum absolute atomic E-state index is 0.0925. The molecular formula is C22H22N2O5. The van der Waals surface area contributed by atoms with E-state index in [4.69, 9.17) is 13.9 Å². The fourth-order valence-corrected chi connectivity index (χ4v) is 3.99. The second kappa shape index (κ2) is 7.42. The molecule has 0 unspecified atom stereocenters. The van der Waals surface area contributed by atoms with Gasteiger partial charge < -0.3 is 19.0 Å². The molecule has 5 rings (SSSR count). The molecule has 0 saturated carbocycles. The maximum Gasteiger partial charge on any atom is 0.336 e. The normalized spacial score (nSPS) is 17.1. The summed E-state index contributed by atoms with van der Waals surface area (Å²) >= 11 is 0. The number of phenolic OH excluding ortho intramolecular Hbond substituents is 1. The molecule has 2 aliphatic rings. The van der Waals surface area contributed by atoms with Crippen LogP contribution in [0, 0.1) is 0 Å². The topological polar surface area (TPSA) is 75.4 Å². The van der Waals surface area contributed by atoms with Crippen molar-refractivity contribution in [1.29, 1.82) is 0 Å². The van der Waals surface area contributed by atoms with Crippen LogP contribution in [0.4, 0.5) is 0 Å². The van der Waals surface area contributed by atoms with E-state index in [1.54, 1.807) is 18.2 Å². The van der Waals surface area contributed by atoms with Crippen molar-refractivity contribution in [1.82, 2.24) is 9.80 Å². The molecule has 150 valence electrons. The van der Waals surface area contributed by atoms with Gasteiger partial charge in [0.1, 0.15) is 11.3 Å². The van der Waals surface area contributed by atoms with Gasteiger partial charge in [0.25, 0.3) is 0 Å². The average molecular weight is 394 g/mol. The summed E-state index contributed by atoms with van der Waals surface area (Å²) in [6, 6.07) is 12.6. The van der Waals surface area contributed by atoms with Crippen LogP contribution in [0.15, 0.2) is 51.7 Å². The predicted octanol–water partition coefficient (Wildman–Crippen LogP) is 2.55. The third-order valence-corrected chi connectivity index (χ3v) is 5.52. The molecule has 0 bridgehead atoms. The molecule has 0 aliphatic carbocycles. The zero-order valence-electron chi connectivity index (χ0n) is 16.0. The predicted molar refractivity (Wildman–Crippen MR) is 107 cm³/mol. The molecule has 1 saturated heterocycles. The molecule has 1 aromatic heterocycles. The first-order valence-corrected chi connectivity index (χ1v) is 9.73. The fraction of sp³-hybridized carbons (Fsp3) is 0.318. The van der Waals surface area contributed by atoms with Crippen molar-refractivity contribution in [3.63, 3.8) is 0 Å². The summed E-state index contributed by atoms with van der Waals surface area (Å²) in [4.78, 5) is 16.7. The Morgan fingerprint density at radius 3 is 2.45 bits per heavy atom. The van der Waals surface area contributed by atoms with Crippen LogP contribution in [0.2, 0.25) is 0 Å². The Hall–Kier alpha value is -3.03. The summed E-state index contributed by atoms with van der Waals surface area (Å²) in [6.45, 7) is 5.61. The van der Waals surface area contributed by atoms with Crippen LogP contribution in [-0.4, -0.2) is 47.9 Å². The summed E-state index contributed by atoms with van der Waals surface area (Å²) in [6.07, 6.45) is 0. The smallest absolute Gasteiger partial charge is 0.336 e. The summed E-state index contributed by atoms with van der Waals surface area (Å²) in [5.74, 6) is 1.73. The van der Waals surface area contributed by atoms with Gasteiger partial charge in [-0.1, -0.05) is 6.07 Å². The average Bonchev–Trinajstić information content (AvgIpc) is 3.17. The number of benzene rings is 2. The van der Waals surface area contributed by atoms with Gasteiger partial charge in [0.15, 0.2) is 11.5 Å². The number of phenols is 1. The molecule has 29 heavy (non-hydrogen) atoms. The zero-order valence-corrected chi connectivity index (χ0v) is 16.0. The molecule has 3 aromatic rings. The largest absolute Gasteiger partial charge is 0.508 e. The molecule has 3 heterocycles. The Balaban J connectivity index is 1.23. The molecule has 1 N–H and O–H groups in total. The highest BCUT2D eigenvalue weighted by Crippen LogP contribution is 2.33. The first-order valence-electron chi connectivity index (χ1n) is 9.73. The van der Waals surface area contributed by atoms with E-state index in [1.165, 1.54) is 11.6 Å². The third kappa shape index (κ3) is 3.79. The van der Waals surface area contributed by atoms with Crippen molar-refractivity contribution in [2.24, 2.45) is 0 Å². The van der Waals surface area contributed by atoms with E-state index in [9.17, 15) is 9.90 Å². The second-order valence-corrected chi connectivity index (χ2v) is 7.51.